The van der Waals surface area contributed by atoms with Gasteiger partial charge in [0, 0.05) is 12.1 Å². The normalized spacial score (nSPS) is 10.7. The molecule has 0 aliphatic heterocycles. The number of ether oxygens (including phenoxy) is 1. The Morgan fingerprint density at radius 1 is 1.50 bits per heavy atom. The molecule has 0 fully saturated rings. The maximum absolute atomic E-state index is 11.8. The molecule has 0 bridgehead atoms. The number of para-hydroxylation sites is 1. The van der Waals surface area contributed by atoms with E-state index in [-0.39, 0.29) is 18.8 Å². The summed E-state index contributed by atoms with van der Waals surface area (Å²) in [4.78, 5) is 10.4. The number of anilines is 1. The Morgan fingerprint density at radius 3 is 2.83 bits per heavy atom. The van der Waals surface area contributed by atoms with E-state index in [4.69, 9.17) is 0 Å². The van der Waals surface area contributed by atoms with Gasteiger partial charge < -0.3 is 10.1 Å². The van der Waals surface area contributed by atoms with Gasteiger partial charge in [0.1, 0.15) is 12.3 Å². The van der Waals surface area contributed by atoms with Gasteiger partial charge in [0.25, 0.3) is 12.1 Å². The summed E-state index contributed by atoms with van der Waals surface area (Å²) in [6, 6.07) is 4.89. The highest BCUT2D eigenvalue weighted by Gasteiger charge is 2.15. The minimum absolute atomic E-state index is 0.00800. The van der Waals surface area contributed by atoms with Gasteiger partial charge in [-0.15, -0.1) is 0 Å². The highest BCUT2D eigenvalue weighted by molar-refractivity contribution is 5.64. The van der Waals surface area contributed by atoms with Gasteiger partial charge in [0.2, 0.25) is 0 Å². The third-order valence-electron chi connectivity index (χ3n) is 2.23. The zero-order chi connectivity index (χ0) is 13.5. The molecule has 0 heterocycles. The highest BCUT2D eigenvalue weighted by atomic mass is 19.3. The zero-order valence-electron chi connectivity index (χ0n) is 9.86. The molecule has 0 saturated carbocycles. The Hall–Kier alpha value is -1.76. The maximum Gasteiger partial charge on any atom is 0.295 e. The molecule has 0 atom stereocenters. The molecule has 0 aromatic heterocycles. The second-order valence-electron chi connectivity index (χ2n) is 3.62. The van der Waals surface area contributed by atoms with Crippen LogP contribution in [0, 0.1) is 17.0 Å². The van der Waals surface area contributed by atoms with E-state index >= 15 is 0 Å². The van der Waals surface area contributed by atoms with Crippen LogP contribution >= 0.6 is 0 Å². The molecule has 1 rings (SSSR count). The summed E-state index contributed by atoms with van der Waals surface area (Å²) in [6.07, 6.45) is -2.50. The van der Waals surface area contributed by atoms with E-state index in [0.717, 1.165) is 0 Å². The lowest BCUT2D eigenvalue weighted by molar-refractivity contribution is -0.384. The molecule has 7 heteroatoms. The number of aryl methyl sites for hydroxylation is 1. The Kier molecular flexibility index (Phi) is 5.44. The number of nitro benzene ring substituents is 1. The van der Waals surface area contributed by atoms with Crippen molar-refractivity contribution in [2.75, 3.05) is 25.1 Å². The molecule has 1 aromatic carbocycles. The predicted molar refractivity (Wildman–Crippen MR) is 63.1 cm³/mol. The minimum Gasteiger partial charge on any atom is -0.377 e. The van der Waals surface area contributed by atoms with Crippen molar-refractivity contribution in [3.05, 3.63) is 33.9 Å². The van der Waals surface area contributed by atoms with Crippen molar-refractivity contribution in [1.29, 1.82) is 0 Å². The Balaban J connectivity index is 2.52. The first-order valence-electron chi connectivity index (χ1n) is 5.36. The second kappa shape index (κ2) is 6.85. The van der Waals surface area contributed by atoms with Crippen molar-refractivity contribution in [2.45, 2.75) is 13.3 Å². The minimum atomic E-state index is -2.50. The van der Waals surface area contributed by atoms with Crippen molar-refractivity contribution < 1.29 is 18.4 Å². The van der Waals surface area contributed by atoms with Crippen LogP contribution in [0.5, 0.6) is 0 Å². The molecule has 0 aliphatic carbocycles. The van der Waals surface area contributed by atoms with Crippen molar-refractivity contribution in [3.63, 3.8) is 0 Å². The number of nitrogens with one attached hydrogen (secondary N) is 1. The number of nitrogens with zero attached hydrogens (tertiary/aromatic N) is 1. The summed E-state index contributed by atoms with van der Waals surface area (Å²) in [5, 5.41) is 13.7. The first-order chi connectivity index (χ1) is 8.52. The van der Waals surface area contributed by atoms with Gasteiger partial charge in [-0.2, -0.15) is 0 Å². The fraction of sp³-hybridized carbons (Fsp3) is 0.455. The summed E-state index contributed by atoms with van der Waals surface area (Å²) >= 11 is 0. The fourth-order valence-electron chi connectivity index (χ4n) is 1.47. The molecule has 1 aromatic rings. The molecule has 0 radical (unpaired) electrons. The molecule has 5 nitrogen and oxygen atoms in total. The van der Waals surface area contributed by atoms with E-state index in [2.05, 4.69) is 10.1 Å². The summed E-state index contributed by atoms with van der Waals surface area (Å²) in [5.74, 6) is 0. The van der Waals surface area contributed by atoms with Crippen molar-refractivity contribution >= 4 is 11.4 Å². The van der Waals surface area contributed by atoms with Gasteiger partial charge in [0.15, 0.2) is 0 Å². The maximum atomic E-state index is 11.8. The van der Waals surface area contributed by atoms with Crippen LogP contribution in [-0.4, -0.2) is 31.1 Å². The Bertz CT molecular complexity index is 413. The van der Waals surface area contributed by atoms with Gasteiger partial charge in [-0.05, 0) is 13.0 Å². The lowest BCUT2D eigenvalue weighted by Gasteiger charge is -2.08. The average molecular weight is 260 g/mol. The van der Waals surface area contributed by atoms with Crippen LogP contribution < -0.4 is 5.32 Å². The summed E-state index contributed by atoms with van der Waals surface area (Å²) < 4.78 is 28.2. The SMILES string of the molecule is Cc1cccc(NCCOCC(F)F)c1[N+](=O)[O-]. The molecule has 100 valence electrons. The second-order valence-corrected chi connectivity index (χ2v) is 3.62. The summed E-state index contributed by atoms with van der Waals surface area (Å²) in [5.41, 5.74) is 0.894. The van der Waals surface area contributed by atoms with E-state index < -0.39 is 18.0 Å². The van der Waals surface area contributed by atoms with E-state index in [1.807, 2.05) is 0 Å². The van der Waals surface area contributed by atoms with Gasteiger partial charge in [-0.1, -0.05) is 12.1 Å². The van der Waals surface area contributed by atoms with Crippen LogP contribution in [0.15, 0.2) is 18.2 Å². The van der Waals surface area contributed by atoms with Gasteiger partial charge in [-0.3, -0.25) is 10.1 Å². The molecule has 1 N–H and O–H groups in total. The first kappa shape index (κ1) is 14.3. The quantitative estimate of drug-likeness (QED) is 0.465. The molecule has 18 heavy (non-hydrogen) atoms. The molecule has 0 amide bonds. The van der Waals surface area contributed by atoms with Crippen LogP contribution in [0.1, 0.15) is 5.56 Å². The Morgan fingerprint density at radius 2 is 2.22 bits per heavy atom. The van der Waals surface area contributed by atoms with Gasteiger partial charge >= 0.3 is 0 Å². The van der Waals surface area contributed by atoms with E-state index in [1.165, 1.54) is 0 Å². The topological polar surface area (TPSA) is 64.4 Å². The average Bonchev–Trinajstić information content (AvgIpc) is 2.27. The molecular formula is C11H14F2N2O3. The molecule has 0 unspecified atom stereocenters. The van der Waals surface area contributed by atoms with Gasteiger partial charge in [0.05, 0.1) is 11.5 Å². The summed E-state index contributed by atoms with van der Waals surface area (Å²) in [7, 11) is 0. The van der Waals surface area contributed by atoms with Crippen LogP contribution in [0.25, 0.3) is 0 Å². The van der Waals surface area contributed by atoms with Crippen LogP contribution in [0.4, 0.5) is 20.2 Å². The van der Waals surface area contributed by atoms with Gasteiger partial charge in [-0.25, -0.2) is 8.78 Å². The van der Waals surface area contributed by atoms with E-state index in [0.29, 0.717) is 11.3 Å². The standard InChI is InChI=1S/C11H14F2N2O3/c1-8-3-2-4-9(11(8)15(16)17)14-5-6-18-7-10(12)13/h2-4,10,14H,5-7H2,1H3. The molecule has 0 saturated heterocycles. The third kappa shape index (κ3) is 4.25. The van der Waals surface area contributed by atoms with E-state index in [1.54, 1.807) is 25.1 Å². The zero-order valence-corrected chi connectivity index (χ0v) is 9.86. The number of halogens is 2. The van der Waals surface area contributed by atoms with Crippen molar-refractivity contribution in [3.8, 4) is 0 Å². The largest absolute Gasteiger partial charge is 0.377 e. The molecule has 0 aliphatic rings. The number of benzene rings is 1. The summed E-state index contributed by atoms with van der Waals surface area (Å²) in [6.45, 7) is 1.31. The molecular weight excluding hydrogens is 246 g/mol. The van der Waals surface area contributed by atoms with Crippen LogP contribution in [0.2, 0.25) is 0 Å². The monoisotopic (exact) mass is 260 g/mol. The first-order valence-corrected chi connectivity index (χ1v) is 5.36. The predicted octanol–water partition coefficient (Wildman–Crippen LogP) is 2.60. The van der Waals surface area contributed by atoms with Crippen molar-refractivity contribution in [2.24, 2.45) is 0 Å². The fourth-order valence-corrected chi connectivity index (χ4v) is 1.47. The highest BCUT2D eigenvalue weighted by Crippen LogP contribution is 2.27. The number of nitro groups is 1. The number of hydrogen-bond acceptors (Lipinski definition) is 4. The lowest BCUT2D eigenvalue weighted by Crippen LogP contribution is -2.14. The number of alkyl halides is 2. The van der Waals surface area contributed by atoms with E-state index in [9.17, 15) is 18.9 Å². The van der Waals surface area contributed by atoms with Crippen LogP contribution in [-0.2, 0) is 4.74 Å². The number of hydrogen-bond donors (Lipinski definition) is 1. The van der Waals surface area contributed by atoms with Crippen molar-refractivity contribution in [1.82, 2.24) is 0 Å². The Labute approximate surface area is 103 Å². The smallest absolute Gasteiger partial charge is 0.295 e. The molecule has 0 spiro atoms. The number of rotatable bonds is 7. The third-order valence-corrected chi connectivity index (χ3v) is 2.23. The van der Waals surface area contributed by atoms with Crippen LogP contribution in [0.3, 0.4) is 0 Å². The lowest BCUT2D eigenvalue weighted by atomic mass is 10.1.